The summed E-state index contributed by atoms with van der Waals surface area (Å²) in [6.45, 7) is 2.50. The summed E-state index contributed by atoms with van der Waals surface area (Å²) >= 11 is 0. The van der Waals surface area contributed by atoms with Crippen LogP contribution >= 0.6 is 0 Å². The number of pyridine rings is 1. The highest BCUT2D eigenvalue weighted by molar-refractivity contribution is 5.99. The van der Waals surface area contributed by atoms with Crippen LogP contribution in [0.4, 0.5) is 0 Å². The Hall–Kier alpha value is -3.61. The maximum atomic E-state index is 12.6. The maximum absolute atomic E-state index is 12.6. The van der Waals surface area contributed by atoms with E-state index < -0.39 is 11.2 Å². The first-order valence-electron chi connectivity index (χ1n) is 9.28. The van der Waals surface area contributed by atoms with Gasteiger partial charge in [-0.15, -0.1) is 0 Å². The molecule has 0 unspecified atom stereocenters. The highest BCUT2D eigenvalue weighted by Crippen LogP contribution is 2.20. The zero-order valence-corrected chi connectivity index (χ0v) is 16.2. The molecule has 0 saturated carbocycles. The third kappa shape index (κ3) is 4.29. The van der Waals surface area contributed by atoms with Gasteiger partial charge in [0.25, 0.3) is 5.91 Å². The molecule has 0 atom stereocenters. The van der Waals surface area contributed by atoms with Crippen LogP contribution in [0, 0.1) is 0 Å². The van der Waals surface area contributed by atoms with Crippen LogP contribution in [0.15, 0.2) is 47.3 Å². The number of hydrogen-bond donors (Lipinski definition) is 3. The van der Waals surface area contributed by atoms with E-state index in [0.29, 0.717) is 28.9 Å². The van der Waals surface area contributed by atoms with Crippen molar-refractivity contribution >= 4 is 22.6 Å². The highest BCUT2D eigenvalue weighted by Gasteiger charge is 2.16. The summed E-state index contributed by atoms with van der Waals surface area (Å²) in [6.07, 6.45) is 0.622. The molecule has 0 bridgehead atoms. The van der Waals surface area contributed by atoms with Gasteiger partial charge in [0.05, 0.1) is 24.7 Å². The second-order valence-corrected chi connectivity index (χ2v) is 6.63. The minimum atomic E-state index is -0.586. The van der Waals surface area contributed by atoms with Crippen molar-refractivity contribution in [3.8, 4) is 11.5 Å². The van der Waals surface area contributed by atoms with E-state index in [4.69, 9.17) is 4.74 Å². The number of aromatic nitrogens is 1. The fraction of sp³-hybridized carbons (Fsp3) is 0.227. The maximum Gasteiger partial charge on any atom is 0.251 e. The van der Waals surface area contributed by atoms with Gasteiger partial charge < -0.3 is 20.1 Å². The van der Waals surface area contributed by atoms with Crippen molar-refractivity contribution in [2.24, 2.45) is 0 Å². The first-order chi connectivity index (χ1) is 13.9. The van der Waals surface area contributed by atoms with E-state index >= 15 is 0 Å². The largest absolute Gasteiger partial charge is 0.503 e. The van der Waals surface area contributed by atoms with E-state index in [0.717, 1.165) is 6.42 Å². The van der Waals surface area contributed by atoms with Crippen molar-refractivity contribution < 1.29 is 19.4 Å². The standard InChI is InChI=1S/C22H22N2O5/c1-3-10-23-22(28)14-6-9-16-17(11-14)24-18(21(27)20(16)26)12-19(25)13-4-7-15(29-2)8-5-13/h4-9,11,27H,3,10,12H2,1-2H3,(H,23,28)(H,24,26). The highest BCUT2D eigenvalue weighted by atomic mass is 16.5. The number of ether oxygens (including phenoxy) is 1. The van der Waals surface area contributed by atoms with Crippen LogP contribution in [-0.2, 0) is 6.42 Å². The molecule has 0 aliphatic carbocycles. The molecule has 0 aliphatic heterocycles. The van der Waals surface area contributed by atoms with Crippen LogP contribution in [0.25, 0.3) is 10.9 Å². The molecule has 1 aromatic heterocycles. The number of Topliss-reactive ketones (excluding diaryl/α,β-unsaturated/α-hetero) is 1. The Bertz CT molecular complexity index is 1120. The van der Waals surface area contributed by atoms with Gasteiger partial charge >= 0.3 is 0 Å². The van der Waals surface area contributed by atoms with Crippen LogP contribution in [-0.4, -0.2) is 35.4 Å². The lowest BCUT2D eigenvalue weighted by atomic mass is 10.0. The Labute approximate surface area is 167 Å². The van der Waals surface area contributed by atoms with Crippen LogP contribution < -0.4 is 15.5 Å². The fourth-order valence-corrected chi connectivity index (χ4v) is 2.98. The molecular formula is C22H22N2O5. The van der Waals surface area contributed by atoms with E-state index in [-0.39, 0.29) is 29.2 Å². The van der Waals surface area contributed by atoms with Crippen molar-refractivity contribution in [1.82, 2.24) is 10.3 Å². The summed E-state index contributed by atoms with van der Waals surface area (Å²) in [7, 11) is 1.53. The smallest absolute Gasteiger partial charge is 0.251 e. The van der Waals surface area contributed by atoms with Crippen LogP contribution in [0.3, 0.4) is 0 Å². The van der Waals surface area contributed by atoms with Crippen molar-refractivity contribution in [2.75, 3.05) is 13.7 Å². The third-order valence-electron chi connectivity index (χ3n) is 4.60. The lowest BCUT2D eigenvalue weighted by Crippen LogP contribution is -2.24. The molecule has 3 aromatic rings. The molecule has 7 nitrogen and oxygen atoms in total. The Morgan fingerprint density at radius 3 is 2.45 bits per heavy atom. The van der Waals surface area contributed by atoms with Gasteiger partial charge in [0.15, 0.2) is 11.5 Å². The molecule has 0 aliphatic rings. The molecule has 0 spiro atoms. The van der Waals surface area contributed by atoms with Crippen LogP contribution in [0.5, 0.6) is 11.5 Å². The zero-order chi connectivity index (χ0) is 21.0. The summed E-state index contributed by atoms with van der Waals surface area (Å²) in [6, 6.07) is 11.1. The number of benzene rings is 2. The number of aromatic amines is 1. The number of rotatable bonds is 7. The molecule has 3 rings (SSSR count). The normalized spacial score (nSPS) is 10.7. The summed E-state index contributed by atoms with van der Waals surface area (Å²) < 4.78 is 5.07. The van der Waals surface area contributed by atoms with Gasteiger partial charge in [-0.3, -0.25) is 14.4 Å². The van der Waals surface area contributed by atoms with E-state index in [1.165, 1.54) is 19.2 Å². The number of methoxy groups -OCH3 is 1. The topological polar surface area (TPSA) is 108 Å². The monoisotopic (exact) mass is 394 g/mol. The molecule has 7 heteroatoms. The van der Waals surface area contributed by atoms with Crippen molar-refractivity contribution in [1.29, 1.82) is 0 Å². The fourth-order valence-electron chi connectivity index (χ4n) is 2.98. The molecule has 2 aromatic carbocycles. The Morgan fingerprint density at radius 2 is 1.79 bits per heavy atom. The van der Waals surface area contributed by atoms with Gasteiger partial charge in [-0.25, -0.2) is 0 Å². The SMILES string of the molecule is CCCNC(=O)c1ccc2c(=O)c(O)c(CC(=O)c3ccc(OC)cc3)[nH]c2c1. The van der Waals surface area contributed by atoms with Gasteiger partial charge in [0.2, 0.25) is 5.43 Å². The summed E-state index contributed by atoms with van der Waals surface area (Å²) in [4.78, 5) is 40.2. The first-order valence-corrected chi connectivity index (χ1v) is 9.28. The average Bonchev–Trinajstić information content (AvgIpc) is 2.75. The number of carbonyl (C=O) groups excluding carboxylic acids is 2. The molecule has 0 radical (unpaired) electrons. The predicted octanol–water partition coefficient (Wildman–Crippen LogP) is 2.81. The van der Waals surface area contributed by atoms with E-state index in [1.54, 1.807) is 30.3 Å². The predicted molar refractivity (Wildman–Crippen MR) is 110 cm³/mol. The second kappa shape index (κ2) is 8.60. The van der Waals surface area contributed by atoms with E-state index in [9.17, 15) is 19.5 Å². The summed E-state index contributed by atoms with van der Waals surface area (Å²) in [5.74, 6) is -0.395. The van der Waals surface area contributed by atoms with Gasteiger partial charge in [-0.2, -0.15) is 0 Å². The Morgan fingerprint density at radius 1 is 1.10 bits per heavy atom. The average molecular weight is 394 g/mol. The minimum Gasteiger partial charge on any atom is -0.503 e. The van der Waals surface area contributed by atoms with E-state index in [1.807, 2.05) is 6.92 Å². The number of aromatic hydroxyl groups is 1. The molecule has 0 fully saturated rings. The zero-order valence-electron chi connectivity index (χ0n) is 16.2. The molecule has 150 valence electrons. The van der Waals surface area contributed by atoms with Gasteiger partial charge in [-0.05, 0) is 48.9 Å². The van der Waals surface area contributed by atoms with Crippen molar-refractivity contribution in [3.63, 3.8) is 0 Å². The number of hydrogen-bond acceptors (Lipinski definition) is 5. The molecule has 1 amide bonds. The number of fused-ring (bicyclic) bond motifs is 1. The third-order valence-corrected chi connectivity index (χ3v) is 4.60. The summed E-state index contributed by atoms with van der Waals surface area (Å²) in [5.41, 5.74) is 0.722. The quantitative estimate of drug-likeness (QED) is 0.534. The van der Waals surface area contributed by atoms with Gasteiger partial charge in [0, 0.05) is 23.1 Å². The first kappa shape index (κ1) is 20.1. The number of ketones is 1. The van der Waals surface area contributed by atoms with Gasteiger partial charge in [0.1, 0.15) is 5.75 Å². The molecule has 29 heavy (non-hydrogen) atoms. The molecule has 3 N–H and O–H groups in total. The number of carbonyl (C=O) groups is 2. The Balaban J connectivity index is 1.94. The number of H-pyrrole nitrogens is 1. The van der Waals surface area contributed by atoms with E-state index in [2.05, 4.69) is 10.3 Å². The van der Waals surface area contributed by atoms with Crippen molar-refractivity contribution in [2.45, 2.75) is 19.8 Å². The summed E-state index contributed by atoms with van der Waals surface area (Å²) in [5, 5.41) is 13.3. The minimum absolute atomic E-state index is 0.106. The van der Waals surface area contributed by atoms with Gasteiger partial charge in [-0.1, -0.05) is 6.92 Å². The van der Waals surface area contributed by atoms with Crippen LogP contribution in [0.1, 0.15) is 39.8 Å². The Kier molecular flexibility index (Phi) is 5.97. The second-order valence-electron chi connectivity index (χ2n) is 6.63. The van der Waals surface area contributed by atoms with Crippen molar-refractivity contribution in [3.05, 3.63) is 69.5 Å². The lowest BCUT2D eigenvalue weighted by molar-refractivity contribution is 0.0952. The molecular weight excluding hydrogens is 372 g/mol. The van der Waals surface area contributed by atoms with Crippen LogP contribution in [0.2, 0.25) is 0 Å². The lowest BCUT2D eigenvalue weighted by Gasteiger charge is -2.09. The number of amides is 1. The molecule has 0 saturated heterocycles. The molecule has 1 heterocycles. The number of nitrogens with one attached hydrogen (secondary N) is 2.